The molecule has 0 aliphatic heterocycles. The fourth-order valence-electron chi connectivity index (χ4n) is 10.9. The molecule has 0 atom stereocenters. The lowest BCUT2D eigenvalue weighted by Crippen LogP contribution is -2.17. The molecule has 0 spiro atoms. The molecule has 0 fully saturated rings. The van der Waals surface area contributed by atoms with E-state index in [1.165, 1.54) is 16.7 Å². The van der Waals surface area contributed by atoms with Gasteiger partial charge in [0.05, 0.1) is 39.9 Å². The fraction of sp³-hybridized carbons (Fsp3) is 0.274. The summed E-state index contributed by atoms with van der Waals surface area (Å²) in [5, 5.41) is 14.7. The summed E-state index contributed by atoms with van der Waals surface area (Å²) < 4.78 is 9.26. The summed E-state index contributed by atoms with van der Waals surface area (Å²) in [6, 6.07) is 56.6. The van der Waals surface area contributed by atoms with E-state index in [-0.39, 0.29) is 32.8 Å². The van der Waals surface area contributed by atoms with Gasteiger partial charge in [0.25, 0.3) is 0 Å². The third-order valence-electron chi connectivity index (χ3n) is 15.8. The Kier molecular flexibility index (Phi) is 12.8. The minimum Gasteiger partial charge on any atom is -0.507 e. The highest BCUT2D eigenvalue weighted by molar-refractivity contribution is 6.13. The zero-order chi connectivity index (χ0) is 56.1. The molecule has 0 saturated heterocycles. The SMILES string of the molecule is CC(C)(C)c1cc(-c2cc3c(cn2)oc2c(-c4cc(-c5ccccc5)ccn4)cc(-c4cccc5c4nc(-c4cc(C(C)(C)C)cc(C(C)(C)C)c4O)n5-c4ccc(C(C)(C)C)cc4-c4ccccc4)cc23)cc(C(C)(C)C)c1. The number of fused-ring (bicyclic) bond motifs is 4. The van der Waals surface area contributed by atoms with E-state index in [0.717, 1.165) is 100 Å². The number of phenols is 1. The van der Waals surface area contributed by atoms with E-state index in [9.17, 15) is 5.11 Å². The van der Waals surface area contributed by atoms with Crippen LogP contribution in [0.5, 0.6) is 5.75 Å². The van der Waals surface area contributed by atoms with Crippen LogP contribution in [-0.2, 0) is 27.1 Å². The van der Waals surface area contributed by atoms with Crippen molar-refractivity contribution in [3.05, 3.63) is 198 Å². The highest BCUT2D eigenvalue weighted by Gasteiger charge is 2.31. The number of hydrogen-bond acceptors (Lipinski definition) is 5. The number of rotatable bonds is 7. The minimum atomic E-state index is -0.365. The monoisotopic (exact) mass is 1040 g/mol. The van der Waals surface area contributed by atoms with Crippen molar-refractivity contribution in [1.82, 2.24) is 19.5 Å². The van der Waals surface area contributed by atoms with Crippen LogP contribution in [-0.4, -0.2) is 24.6 Å². The van der Waals surface area contributed by atoms with Crippen molar-refractivity contribution in [1.29, 1.82) is 0 Å². The Morgan fingerprint density at radius 2 is 1.04 bits per heavy atom. The van der Waals surface area contributed by atoms with Crippen molar-refractivity contribution in [2.75, 3.05) is 0 Å². The van der Waals surface area contributed by atoms with Gasteiger partial charge in [0.15, 0.2) is 5.58 Å². The van der Waals surface area contributed by atoms with Crippen molar-refractivity contribution in [3.8, 4) is 78.7 Å². The first-order chi connectivity index (χ1) is 37.2. The molecule has 0 unspecified atom stereocenters. The molecule has 0 radical (unpaired) electrons. The van der Waals surface area contributed by atoms with Crippen molar-refractivity contribution < 1.29 is 9.52 Å². The molecule has 4 heterocycles. The van der Waals surface area contributed by atoms with Gasteiger partial charge in [-0.25, -0.2) is 4.98 Å². The lowest BCUT2D eigenvalue weighted by molar-refractivity contribution is 0.446. The van der Waals surface area contributed by atoms with Crippen LogP contribution >= 0.6 is 0 Å². The Labute approximate surface area is 467 Å². The molecule has 4 aromatic heterocycles. The summed E-state index contributed by atoms with van der Waals surface area (Å²) in [4.78, 5) is 16.0. The molecule has 0 aliphatic carbocycles. The number of pyridine rings is 2. The molecule has 6 heteroatoms. The summed E-state index contributed by atoms with van der Waals surface area (Å²) in [5.41, 5.74) is 19.5. The van der Waals surface area contributed by atoms with Gasteiger partial charge in [0.1, 0.15) is 17.2 Å². The van der Waals surface area contributed by atoms with Crippen molar-refractivity contribution >= 4 is 33.0 Å². The van der Waals surface area contributed by atoms with Gasteiger partial charge in [-0.3, -0.25) is 14.5 Å². The summed E-state index contributed by atoms with van der Waals surface area (Å²) in [6.07, 6.45) is 3.78. The Morgan fingerprint density at radius 3 is 1.67 bits per heavy atom. The van der Waals surface area contributed by atoms with E-state index in [2.05, 4.69) is 260 Å². The lowest BCUT2D eigenvalue weighted by Gasteiger charge is -2.28. The molecule has 0 saturated carbocycles. The Hall–Kier alpha value is -8.09. The van der Waals surface area contributed by atoms with Gasteiger partial charge in [-0.2, -0.15) is 0 Å². The van der Waals surface area contributed by atoms with Crippen LogP contribution in [0.2, 0.25) is 0 Å². The second-order valence-electron chi connectivity index (χ2n) is 26.9. The number of para-hydroxylation sites is 1. The number of imidazole rings is 1. The van der Waals surface area contributed by atoms with Gasteiger partial charge in [0.2, 0.25) is 0 Å². The van der Waals surface area contributed by atoms with Crippen LogP contribution in [0.1, 0.15) is 132 Å². The quantitative estimate of drug-likeness (QED) is 0.172. The highest BCUT2D eigenvalue weighted by atomic mass is 16.3. The van der Waals surface area contributed by atoms with Crippen molar-refractivity contribution in [2.24, 2.45) is 0 Å². The Bertz CT molecular complexity index is 4110. The molecule has 79 heavy (non-hydrogen) atoms. The van der Waals surface area contributed by atoms with Crippen LogP contribution in [0.3, 0.4) is 0 Å². The number of nitrogens with zero attached hydrogens (tertiary/aromatic N) is 4. The average Bonchev–Trinajstić information content (AvgIpc) is 4.18. The minimum absolute atomic E-state index is 0.0661. The normalized spacial score (nSPS) is 12.8. The van der Waals surface area contributed by atoms with Crippen molar-refractivity contribution in [3.63, 3.8) is 0 Å². The average molecular weight is 1040 g/mol. The first kappa shape index (κ1) is 52.9. The zero-order valence-electron chi connectivity index (χ0n) is 48.8. The highest BCUT2D eigenvalue weighted by Crippen LogP contribution is 2.48. The topological polar surface area (TPSA) is 77.0 Å². The predicted molar refractivity (Wildman–Crippen MR) is 332 cm³/mol. The lowest BCUT2D eigenvalue weighted by atomic mass is 9.79. The molecule has 6 nitrogen and oxygen atoms in total. The van der Waals surface area contributed by atoms with Gasteiger partial charge in [-0.05, 0) is 138 Å². The van der Waals surface area contributed by atoms with E-state index in [4.69, 9.17) is 19.4 Å². The van der Waals surface area contributed by atoms with E-state index >= 15 is 0 Å². The molecule has 0 amide bonds. The van der Waals surface area contributed by atoms with E-state index in [1.807, 2.05) is 18.5 Å². The zero-order valence-corrected chi connectivity index (χ0v) is 48.8. The second kappa shape index (κ2) is 19.1. The third kappa shape index (κ3) is 9.96. The number of phenolic OH excluding ortho intramolecular Hbond substituents is 1. The van der Waals surface area contributed by atoms with Crippen LogP contribution in [0, 0.1) is 0 Å². The van der Waals surface area contributed by atoms with Crippen molar-refractivity contribution in [2.45, 2.75) is 131 Å². The van der Waals surface area contributed by atoms with Crippen LogP contribution in [0.25, 0.3) is 106 Å². The molecular formula is C73H74N4O2. The first-order valence-electron chi connectivity index (χ1n) is 27.9. The Balaban J connectivity index is 1.24. The molecule has 0 aliphatic rings. The number of furan rings is 1. The van der Waals surface area contributed by atoms with Crippen LogP contribution in [0.4, 0.5) is 0 Å². The molecule has 0 bridgehead atoms. The van der Waals surface area contributed by atoms with E-state index < -0.39 is 0 Å². The van der Waals surface area contributed by atoms with E-state index in [1.54, 1.807) is 0 Å². The van der Waals surface area contributed by atoms with Gasteiger partial charge in [-0.1, -0.05) is 195 Å². The van der Waals surface area contributed by atoms with Crippen LogP contribution in [0.15, 0.2) is 175 Å². The molecule has 11 aromatic rings. The molecule has 1 N–H and O–H groups in total. The van der Waals surface area contributed by atoms with Gasteiger partial charge in [0, 0.05) is 44.8 Å². The molecule has 398 valence electrons. The maximum atomic E-state index is 12.8. The second-order valence-corrected chi connectivity index (χ2v) is 26.9. The fourth-order valence-corrected chi connectivity index (χ4v) is 10.9. The van der Waals surface area contributed by atoms with Gasteiger partial charge in [-0.15, -0.1) is 0 Å². The molecular weight excluding hydrogens is 965 g/mol. The smallest absolute Gasteiger partial charge is 0.153 e. The summed E-state index contributed by atoms with van der Waals surface area (Å²) in [5.74, 6) is 0.892. The number of hydrogen-bond donors (Lipinski definition) is 1. The number of benzene rings is 7. The summed E-state index contributed by atoms with van der Waals surface area (Å²) in [6.45, 7) is 33.6. The predicted octanol–water partition coefficient (Wildman–Crippen LogP) is 19.9. The standard InChI is InChI=1S/C73H74N4O2/c1-69(2,3)49-29-30-62(54(39-49)45-25-20-17-21-26-45)77-63-28-22-27-53(65(63)76-68(77)58-40-52(72(10,11)12)41-59(66(58)78)73(13,14)15)47-35-56-55-42-60(48-33-50(70(4,5)6)38-51(34-48)71(7,8)9)75-43-64(55)79-67(56)57(36-47)61-37-46(31-32-74-61)44-23-18-16-19-24-44/h16-43,78H,1-15H3. The summed E-state index contributed by atoms with van der Waals surface area (Å²) in [7, 11) is 0. The van der Waals surface area contributed by atoms with Gasteiger partial charge >= 0.3 is 0 Å². The maximum absolute atomic E-state index is 12.8. The first-order valence-corrected chi connectivity index (χ1v) is 27.9. The number of aromatic nitrogens is 4. The van der Waals surface area contributed by atoms with E-state index in [0.29, 0.717) is 17.0 Å². The Morgan fingerprint density at radius 1 is 0.418 bits per heavy atom. The third-order valence-corrected chi connectivity index (χ3v) is 15.8. The van der Waals surface area contributed by atoms with Crippen LogP contribution < -0.4 is 0 Å². The molecule has 7 aromatic carbocycles. The summed E-state index contributed by atoms with van der Waals surface area (Å²) >= 11 is 0. The maximum Gasteiger partial charge on any atom is 0.153 e. The molecule has 11 rings (SSSR count). The van der Waals surface area contributed by atoms with Gasteiger partial charge < -0.3 is 9.52 Å². The largest absolute Gasteiger partial charge is 0.507 e. The number of aromatic hydroxyl groups is 1.